The van der Waals surface area contributed by atoms with Gasteiger partial charge in [-0.3, -0.25) is 0 Å². The molecule has 0 aliphatic rings. The lowest BCUT2D eigenvalue weighted by Crippen LogP contribution is -1.96. The van der Waals surface area contributed by atoms with Crippen molar-refractivity contribution in [3.63, 3.8) is 0 Å². The molecular formula is C11H10BrN3. The van der Waals surface area contributed by atoms with E-state index in [0.717, 1.165) is 15.7 Å². The maximum absolute atomic E-state index is 5.58. The van der Waals surface area contributed by atoms with Gasteiger partial charge in [0.1, 0.15) is 0 Å². The van der Waals surface area contributed by atoms with E-state index in [0.29, 0.717) is 5.82 Å². The van der Waals surface area contributed by atoms with E-state index in [2.05, 4.69) is 32.2 Å². The first-order chi connectivity index (χ1) is 7.16. The summed E-state index contributed by atoms with van der Waals surface area (Å²) < 4.78 is 0.772. The zero-order valence-electron chi connectivity index (χ0n) is 8.24. The van der Waals surface area contributed by atoms with Crippen molar-refractivity contribution in [1.82, 2.24) is 10.2 Å². The van der Waals surface area contributed by atoms with Crippen molar-refractivity contribution in [2.45, 2.75) is 6.92 Å². The highest BCUT2D eigenvalue weighted by molar-refractivity contribution is 9.10. The van der Waals surface area contributed by atoms with Gasteiger partial charge in [0.15, 0.2) is 5.82 Å². The molecule has 0 aliphatic heterocycles. The zero-order chi connectivity index (χ0) is 10.8. The molecule has 1 aromatic heterocycles. The van der Waals surface area contributed by atoms with Crippen LogP contribution in [0.1, 0.15) is 5.56 Å². The lowest BCUT2D eigenvalue weighted by atomic mass is 10.1. The van der Waals surface area contributed by atoms with Crippen LogP contribution < -0.4 is 5.73 Å². The van der Waals surface area contributed by atoms with Gasteiger partial charge in [-0.25, -0.2) is 0 Å². The van der Waals surface area contributed by atoms with E-state index >= 15 is 0 Å². The number of nitrogen functional groups attached to an aromatic ring is 1. The molecule has 0 bridgehead atoms. The fraction of sp³-hybridized carbons (Fsp3) is 0.0909. The van der Waals surface area contributed by atoms with Gasteiger partial charge in [0.25, 0.3) is 0 Å². The largest absolute Gasteiger partial charge is 0.381 e. The average molecular weight is 264 g/mol. The van der Waals surface area contributed by atoms with Crippen molar-refractivity contribution in [3.05, 3.63) is 40.4 Å². The van der Waals surface area contributed by atoms with Crippen molar-refractivity contribution < 1.29 is 0 Å². The highest BCUT2D eigenvalue weighted by atomic mass is 79.9. The van der Waals surface area contributed by atoms with Gasteiger partial charge in [0.05, 0.1) is 10.2 Å². The SMILES string of the molecule is Cc1cccc(-c2cc(Br)c(N)nn2)c1. The number of aromatic nitrogens is 2. The normalized spacial score (nSPS) is 10.3. The third-order valence-corrected chi connectivity index (χ3v) is 2.72. The molecule has 0 atom stereocenters. The van der Waals surface area contributed by atoms with Crippen LogP contribution in [0, 0.1) is 6.92 Å². The van der Waals surface area contributed by atoms with Crippen LogP contribution in [0.4, 0.5) is 5.82 Å². The minimum Gasteiger partial charge on any atom is -0.381 e. The van der Waals surface area contributed by atoms with E-state index in [1.165, 1.54) is 5.56 Å². The minimum absolute atomic E-state index is 0.409. The van der Waals surface area contributed by atoms with E-state index < -0.39 is 0 Å². The van der Waals surface area contributed by atoms with E-state index in [4.69, 9.17) is 5.73 Å². The maximum atomic E-state index is 5.58. The summed E-state index contributed by atoms with van der Waals surface area (Å²) in [6.07, 6.45) is 0. The molecule has 2 rings (SSSR count). The van der Waals surface area contributed by atoms with E-state index in [9.17, 15) is 0 Å². The summed E-state index contributed by atoms with van der Waals surface area (Å²) in [4.78, 5) is 0. The molecule has 0 aliphatic carbocycles. The standard InChI is InChI=1S/C11H10BrN3/c1-7-3-2-4-8(5-7)10-6-9(12)11(13)15-14-10/h2-6H,1H3,(H2,13,15). The van der Waals surface area contributed by atoms with E-state index in [-0.39, 0.29) is 0 Å². The van der Waals surface area contributed by atoms with Crippen LogP contribution >= 0.6 is 15.9 Å². The molecule has 0 amide bonds. The number of aryl methyl sites for hydroxylation is 1. The Kier molecular flexibility index (Phi) is 2.68. The molecule has 15 heavy (non-hydrogen) atoms. The molecule has 1 heterocycles. The summed E-state index contributed by atoms with van der Waals surface area (Å²) in [5.41, 5.74) is 8.64. The van der Waals surface area contributed by atoms with Gasteiger partial charge in [0.2, 0.25) is 0 Å². The molecule has 0 radical (unpaired) electrons. The number of rotatable bonds is 1. The zero-order valence-corrected chi connectivity index (χ0v) is 9.82. The van der Waals surface area contributed by atoms with E-state index in [1.54, 1.807) is 0 Å². The van der Waals surface area contributed by atoms with Crippen molar-refractivity contribution in [3.8, 4) is 11.3 Å². The third kappa shape index (κ3) is 2.15. The van der Waals surface area contributed by atoms with Crippen molar-refractivity contribution >= 4 is 21.7 Å². The smallest absolute Gasteiger partial charge is 0.160 e. The van der Waals surface area contributed by atoms with Crippen molar-refractivity contribution in [1.29, 1.82) is 0 Å². The van der Waals surface area contributed by atoms with Crippen molar-refractivity contribution in [2.24, 2.45) is 0 Å². The molecule has 76 valence electrons. The summed E-state index contributed by atoms with van der Waals surface area (Å²) in [7, 11) is 0. The number of nitrogens with two attached hydrogens (primary N) is 1. The first-order valence-corrected chi connectivity index (χ1v) is 5.32. The number of hydrogen-bond acceptors (Lipinski definition) is 3. The predicted molar refractivity (Wildman–Crippen MR) is 64.3 cm³/mol. The fourth-order valence-corrected chi connectivity index (χ4v) is 1.62. The van der Waals surface area contributed by atoms with Gasteiger partial charge in [-0.15, -0.1) is 10.2 Å². The lowest BCUT2D eigenvalue weighted by Gasteiger charge is -2.02. The third-order valence-electron chi connectivity index (χ3n) is 2.09. The Hall–Kier alpha value is -1.42. The Labute approximate surface area is 96.5 Å². The number of nitrogens with zero attached hydrogens (tertiary/aromatic N) is 2. The summed E-state index contributed by atoms with van der Waals surface area (Å²) in [6, 6.07) is 9.98. The first kappa shape index (κ1) is 10.1. The minimum atomic E-state index is 0.409. The predicted octanol–water partition coefficient (Wildman–Crippen LogP) is 2.80. The molecular weight excluding hydrogens is 254 g/mol. The molecule has 0 saturated carbocycles. The summed E-state index contributed by atoms with van der Waals surface area (Å²) >= 11 is 3.33. The highest BCUT2D eigenvalue weighted by Gasteiger charge is 2.03. The molecule has 0 spiro atoms. The Morgan fingerprint density at radius 1 is 1.20 bits per heavy atom. The second-order valence-corrected chi connectivity index (χ2v) is 4.19. The highest BCUT2D eigenvalue weighted by Crippen LogP contribution is 2.23. The number of hydrogen-bond donors (Lipinski definition) is 1. The molecule has 4 heteroatoms. The van der Waals surface area contributed by atoms with Crippen LogP contribution in [-0.4, -0.2) is 10.2 Å². The summed E-state index contributed by atoms with van der Waals surface area (Å²) in [6.45, 7) is 2.04. The molecule has 1 aromatic carbocycles. The molecule has 0 saturated heterocycles. The van der Waals surface area contributed by atoms with Crippen LogP contribution in [0.5, 0.6) is 0 Å². The number of benzene rings is 1. The van der Waals surface area contributed by atoms with Crippen LogP contribution in [0.25, 0.3) is 11.3 Å². The second kappa shape index (κ2) is 3.98. The average Bonchev–Trinajstić information content (AvgIpc) is 2.22. The van der Waals surface area contributed by atoms with Gasteiger partial charge in [-0.1, -0.05) is 23.8 Å². The quantitative estimate of drug-likeness (QED) is 0.861. The van der Waals surface area contributed by atoms with Crippen LogP contribution in [-0.2, 0) is 0 Å². The molecule has 0 unspecified atom stereocenters. The Bertz CT molecular complexity index is 497. The maximum Gasteiger partial charge on any atom is 0.160 e. The summed E-state index contributed by atoms with van der Waals surface area (Å²) in [5.74, 6) is 0.409. The molecule has 3 nitrogen and oxygen atoms in total. The van der Waals surface area contributed by atoms with Gasteiger partial charge in [-0.2, -0.15) is 0 Å². The molecule has 0 fully saturated rings. The second-order valence-electron chi connectivity index (χ2n) is 3.33. The Morgan fingerprint density at radius 3 is 2.67 bits per heavy atom. The van der Waals surface area contributed by atoms with Gasteiger partial charge in [0, 0.05) is 5.56 Å². The van der Waals surface area contributed by atoms with Crippen LogP contribution in [0.2, 0.25) is 0 Å². The monoisotopic (exact) mass is 263 g/mol. The number of anilines is 1. The van der Waals surface area contributed by atoms with Crippen LogP contribution in [0.3, 0.4) is 0 Å². The number of halogens is 1. The van der Waals surface area contributed by atoms with Gasteiger partial charge >= 0.3 is 0 Å². The Balaban J connectivity index is 2.50. The van der Waals surface area contributed by atoms with Gasteiger partial charge < -0.3 is 5.73 Å². The lowest BCUT2D eigenvalue weighted by molar-refractivity contribution is 1.04. The topological polar surface area (TPSA) is 51.8 Å². The van der Waals surface area contributed by atoms with Gasteiger partial charge in [-0.05, 0) is 35.0 Å². The molecule has 2 N–H and O–H groups in total. The fourth-order valence-electron chi connectivity index (χ4n) is 1.32. The first-order valence-electron chi connectivity index (χ1n) is 4.52. The van der Waals surface area contributed by atoms with Crippen LogP contribution in [0.15, 0.2) is 34.8 Å². The van der Waals surface area contributed by atoms with E-state index in [1.807, 2.05) is 31.2 Å². The molecule has 2 aromatic rings. The Morgan fingerprint density at radius 2 is 2.00 bits per heavy atom. The van der Waals surface area contributed by atoms with Crippen molar-refractivity contribution in [2.75, 3.05) is 5.73 Å². The summed E-state index contributed by atoms with van der Waals surface area (Å²) in [5, 5.41) is 7.91.